The van der Waals surface area contributed by atoms with Crippen LogP contribution in [0.3, 0.4) is 0 Å². The van der Waals surface area contributed by atoms with Crippen LogP contribution >= 0.6 is 15.9 Å². The van der Waals surface area contributed by atoms with Gasteiger partial charge < -0.3 is 4.90 Å². The van der Waals surface area contributed by atoms with E-state index in [1.165, 1.54) is 0 Å². The summed E-state index contributed by atoms with van der Waals surface area (Å²) in [6.07, 6.45) is 5.03. The molecule has 0 spiro atoms. The van der Waals surface area contributed by atoms with Gasteiger partial charge in [-0.05, 0) is 36.8 Å². The summed E-state index contributed by atoms with van der Waals surface area (Å²) >= 11 is 3.40. The first-order valence-electron chi connectivity index (χ1n) is 6.75. The van der Waals surface area contributed by atoms with E-state index in [1.54, 1.807) is 12.1 Å². The number of nitrogens with zero attached hydrogens (tertiary/aromatic N) is 2. The van der Waals surface area contributed by atoms with Crippen molar-refractivity contribution in [2.45, 2.75) is 26.2 Å². The number of anilines is 1. The van der Waals surface area contributed by atoms with Crippen LogP contribution in [-0.2, 0) is 0 Å². The topological polar surface area (TPSA) is 46.4 Å². The maximum Gasteiger partial charge on any atom is 0.292 e. The average molecular weight is 339 g/mol. The maximum absolute atomic E-state index is 11.2. The predicted molar refractivity (Wildman–Crippen MR) is 85.2 cm³/mol. The van der Waals surface area contributed by atoms with Crippen LogP contribution in [0.2, 0.25) is 0 Å². The van der Waals surface area contributed by atoms with E-state index in [2.05, 4.69) is 34.3 Å². The number of allylic oxidation sites excluding steroid dienone is 1. The van der Waals surface area contributed by atoms with Gasteiger partial charge in [-0.2, -0.15) is 0 Å². The van der Waals surface area contributed by atoms with E-state index in [-0.39, 0.29) is 16.0 Å². The monoisotopic (exact) mass is 338 g/mol. The summed E-state index contributed by atoms with van der Waals surface area (Å²) in [6, 6.07) is 5.12. The van der Waals surface area contributed by atoms with Crippen molar-refractivity contribution in [2.24, 2.45) is 5.41 Å². The Kier molecular flexibility index (Phi) is 4.48. The summed E-state index contributed by atoms with van der Waals surface area (Å²) in [4.78, 5) is 13.0. The standard InChI is InChI=1S/C15H19BrN2O2/c1-3-6-15(2)7-9-17(10-8-15)14-11-12(16)4-5-13(14)18(19)20/h3-5,11H,1,6-10H2,2H3. The van der Waals surface area contributed by atoms with Crippen LogP contribution < -0.4 is 4.90 Å². The van der Waals surface area contributed by atoms with Crippen LogP contribution in [-0.4, -0.2) is 18.0 Å². The normalized spacial score (nSPS) is 17.8. The largest absolute Gasteiger partial charge is 0.366 e. The lowest BCUT2D eigenvalue weighted by Gasteiger charge is -2.39. The third kappa shape index (κ3) is 3.20. The van der Waals surface area contributed by atoms with Crippen molar-refractivity contribution in [1.29, 1.82) is 0 Å². The molecule has 0 atom stereocenters. The zero-order valence-corrected chi connectivity index (χ0v) is 13.2. The number of rotatable bonds is 4. The Labute approximate surface area is 127 Å². The van der Waals surface area contributed by atoms with Gasteiger partial charge in [-0.3, -0.25) is 10.1 Å². The molecule has 0 saturated carbocycles. The molecule has 20 heavy (non-hydrogen) atoms. The van der Waals surface area contributed by atoms with Crippen LogP contribution in [0.15, 0.2) is 35.3 Å². The predicted octanol–water partition coefficient (Wildman–Crippen LogP) is 4.54. The van der Waals surface area contributed by atoms with Gasteiger partial charge in [0.1, 0.15) is 5.69 Å². The second kappa shape index (κ2) is 5.95. The lowest BCUT2D eigenvalue weighted by Crippen LogP contribution is -2.38. The highest BCUT2D eigenvalue weighted by molar-refractivity contribution is 9.10. The van der Waals surface area contributed by atoms with Crippen LogP contribution in [0.1, 0.15) is 26.2 Å². The molecule has 1 aromatic rings. The average Bonchev–Trinajstić information content (AvgIpc) is 2.39. The fourth-order valence-corrected chi connectivity index (χ4v) is 3.09. The Morgan fingerprint density at radius 3 is 2.70 bits per heavy atom. The van der Waals surface area contributed by atoms with Gasteiger partial charge in [-0.15, -0.1) is 6.58 Å². The van der Waals surface area contributed by atoms with E-state index in [0.29, 0.717) is 5.69 Å². The van der Waals surface area contributed by atoms with Crippen molar-refractivity contribution in [1.82, 2.24) is 0 Å². The number of hydrogen-bond acceptors (Lipinski definition) is 3. The SMILES string of the molecule is C=CCC1(C)CCN(c2cc(Br)ccc2[N+](=O)[O-])CC1. The number of benzene rings is 1. The number of nitro groups is 1. The van der Waals surface area contributed by atoms with Crippen LogP contribution in [0, 0.1) is 15.5 Å². The molecule has 0 amide bonds. The number of hydrogen-bond donors (Lipinski definition) is 0. The van der Waals surface area contributed by atoms with Crippen molar-refractivity contribution in [3.8, 4) is 0 Å². The lowest BCUT2D eigenvalue weighted by molar-refractivity contribution is -0.384. The fourth-order valence-electron chi connectivity index (χ4n) is 2.74. The third-order valence-corrected chi connectivity index (χ3v) is 4.58. The molecule has 0 aromatic heterocycles. The Hall–Kier alpha value is -1.36. The van der Waals surface area contributed by atoms with E-state index in [0.717, 1.165) is 36.8 Å². The highest BCUT2D eigenvalue weighted by atomic mass is 79.9. The first kappa shape index (κ1) is 15.0. The van der Waals surface area contributed by atoms with Gasteiger partial charge in [-0.25, -0.2) is 0 Å². The minimum atomic E-state index is -0.306. The fraction of sp³-hybridized carbons (Fsp3) is 0.467. The molecule has 5 heteroatoms. The van der Waals surface area contributed by atoms with Gasteiger partial charge in [0.2, 0.25) is 0 Å². The summed E-state index contributed by atoms with van der Waals surface area (Å²) in [5.74, 6) is 0. The van der Waals surface area contributed by atoms with Gasteiger partial charge in [0.15, 0.2) is 0 Å². The number of nitro benzene ring substituents is 1. The number of halogens is 1. The summed E-state index contributed by atoms with van der Waals surface area (Å²) in [5, 5.41) is 11.2. The highest BCUT2D eigenvalue weighted by Crippen LogP contribution is 2.39. The zero-order chi connectivity index (χ0) is 14.8. The van der Waals surface area contributed by atoms with E-state index in [1.807, 2.05) is 12.1 Å². The van der Waals surface area contributed by atoms with E-state index in [4.69, 9.17) is 0 Å². The molecule has 1 saturated heterocycles. The maximum atomic E-state index is 11.2. The van der Waals surface area contributed by atoms with Crippen molar-refractivity contribution in [3.63, 3.8) is 0 Å². The quantitative estimate of drug-likeness (QED) is 0.460. The lowest BCUT2D eigenvalue weighted by atomic mass is 9.77. The van der Waals surface area contributed by atoms with E-state index in [9.17, 15) is 10.1 Å². The van der Waals surface area contributed by atoms with Crippen molar-refractivity contribution in [3.05, 3.63) is 45.4 Å². The molecule has 0 bridgehead atoms. The highest BCUT2D eigenvalue weighted by Gasteiger charge is 2.31. The van der Waals surface area contributed by atoms with Gasteiger partial charge in [0.25, 0.3) is 5.69 Å². The minimum Gasteiger partial charge on any atom is -0.366 e. The first-order chi connectivity index (χ1) is 9.45. The number of piperidine rings is 1. The van der Waals surface area contributed by atoms with E-state index < -0.39 is 0 Å². The second-order valence-corrected chi connectivity index (χ2v) is 6.60. The third-order valence-electron chi connectivity index (χ3n) is 4.08. The molecule has 1 heterocycles. The first-order valence-corrected chi connectivity index (χ1v) is 7.54. The van der Waals surface area contributed by atoms with E-state index >= 15 is 0 Å². The molecule has 4 nitrogen and oxygen atoms in total. The van der Waals surface area contributed by atoms with Gasteiger partial charge >= 0.3 is 0 Å². The summed E-state index contributed by atoms with van der Waals surface area (Å²) in [6.45, 7) is 7.78. The van der Waals surface area contributed by atoms with Crippen molar-refractivity contribution >= 4 is 27.3 Å². The molecule has 0 radical (unpaired) electrons. The molecule has 108 valence electrons. The summed E-state index contributed by atoms with van der Waals surface area (Å²) in [5.41, 5.74) is 1.17. The molecular weight excluding hydrogens is 320 g/mol. The van der Waals surface area contributed by atoms with Crippen LogP contribution in [0.5, 0.6) is 0 Å². The Morgan fingerprint density at radius 1 is 1.50 bits per heavy atom. The molecule has 1 aliphatic rings. The summed E-state index contributed by atoms with van der Waals surface area (Å²) in [7, 11) is 0. The molecule has 0 unspecified atom stereocenters. The van der Waals surface area contributed by atoms with Crippen LogP contribution in [0.25, 0.3) is 0 Å². The molecule has 0 N–H and O–H groups in total. The Morgan fingerprint density at radius 2 is 2.15 bits per heavy atom. The minimum absolute atomic E-state index is 0.181. The van der Waals surface area contributed by atoms with Crippen molar-refractivity contribution < 1.29 is 4.92 Å². The Balaban J connectivity index is 2.20. The van der Waals surface area contributed by atoms with Gasteiger partial charge in [0, 0.05) is 23.6 Å². The Bertz CT molecular complexity index is 523. The second-order valence-electron chi connectivity index (χ2n) is 5.68. The molecule has 1 fully saturated rings. The zero-order valence-electron chi connectivity index (χ0n) is 11.6. The molecule has 1 aliphatic heterocycles. The molecule has 0 aliphatic carbocycles. The van der Waals surface area contributed by atoms with Crippen LogP contribution in [0.4, 0.5) is 11.4 Å². The summed E-state index contributed by atoms with van der Waals surface area (Å²) < 4.78 is 0.873. The van der Waals surface area contributed by atoms with Gasteiger partial charge in [0.05, 0.1) is 4.92 Å². The van der Waals surface area contributed by atoms with Gasteiger partial charge in [-0.1, -0.05) is 28.9 Å². The van der Waals surface area contributed by atoms with Crippen molar-refractivity contribution in [2.75, 3.05) is 18.0 Å². The molecular formula is C15H19BrN2O2. The molecule has 2 rings (SSSR count). The molecule has 1 aromatic carbocycles. The smallest absolute Gasteiger partial charge is 0.292 e.